The number of anilines is 1. The summed E-state index contributed by atoms with van der Waals surface area (Å²) in [6, 6.07) is 8.30. The van der Waals surface area contributed by atoms with Crippen LogP contribution in [-0.4, -0.2) is 12.5 Å². The van der Waals surface area contributed by atoms with Crippen molar-refractivity contribution in [1.29, 1.82) is 0 Å². The Hall–Kier alpha value is -1.77. The SMILES string of the molecule is CC(=O)NCCC1=CNc2ccccc2C1. The molecule has 1 aromatic rings. The van der Waals surface area contributed by atoms with Crippen LogP contribution in [0.2, 0.25) is 0 Å². The van der Waals surface area contributed by atoms with E-state index in [-0.39, 0.29) is 5.91 Å². The maximum Gasteiger partial charge on any atom is 0.216 e. The summed E-state index contributed by atoms with van der Waals surface area (Å²) in [4.78, 5) is 10.7. The van der Waals surface area contributed by atoms with E-state index < -0.39 is 0 Å². The lowest BCUT2D eigenvalue weighted by atomic mass is 9.99. The van der Waals surface area contributed by atoms with Crippen molar-refractivity contribution in [1.82, 2.24) is 5.32 Å². The predicted octanol–water partition coefficient (Wildman–Crippen LogP) is 2.06. The van der Waals surface area contributed by atoms with Gasteiger partial charge in [0, 0.05) is 25.4 Å². The molecule has 2 rings (SSSR count). The standard InChI is InChI=1S/C13H16N2O/c1-10(16)14-7-6-11-8-12-4-2-3-5-13(12)15-9-11/h2-5,9,15H,6-8H2,1H3,(H,14,16). The Balaban J connectivity index is 1.91. The summed E-state index contributed by atoms with van der Waals surface area (Å²) in [6.07, 6.45) is 3.92. The maximum atomic E-state index is 10.7. The van der Waals surface area contributed by atoms with Crippen molar-refractivity contribution < 1.29 is 4.79 Å². The number of hydrogen-bond donors (Lipinski definition) is 2. The quantitative estimate of drug-likeness (QED) is 0.812. The number of benzene rings is 1. The molecule has 1 aliphatic rings. The van der Waals surface area contributed by atoms with Gasteiger partial charge in [0.1, 0.15) is 0 Å². The number of carbonyl (C=O) groups excluding carboxylic acids is 1. The van der Waals surface area contributed by atoms with Gasteiger partial charge in [0.2, 0.25) is 5.91 Å². The van der Waals surface area contributed by atoms with Gasteiger partial charge in [-0.2, -0.15) is 0 Å². The van der Waals surface area contributed by atoms with Crippen molar-refractivity contribution in [2.24, 2.45) is 0 Å². The van der Waals surface area contributed by atoms with Crippen molar-refractivity contribution in [3.63, 3.8) is 0 Å². The van der Waals surface area contributed by atoms with Gasteiger partial charge in [-0.1, -0.05) is 18.2 Å². The van der Waals surface area contributed by atoms with Gasteiger partial charge in [-0.15, -0.1) is 0 Å². The van der Waals surface area contributed by atoms with Crippen LogP contribution in [-0.2, 0) is 11.2 Å². The smallest absolute Gasteiger partial charge is 0.216 e. The lowest BCUT2D eigenvalue weighted by Gasteiger charge is -2.18. The van der Waals surface area contributed by atoms with E-state index >= 15 is 0 Å². The van der Waals surface area contributed by atoms with E-state index in [1.54, 1.807) is 6.92 Å². The average Bonchev–Trinajstić information content (AvgIpc) is 2.28. The van der Waals surface area contributed by atoms with Crippen molar-refractivity contribution in [3.05, 3.63) is 41.6 Å². The van der Waals surface area contributed by atoms with Gasteiger partial charge in [0.15, 0.2) is 0 Å². The zero-order valence-corrected chi connectivity index (χ0v) is 9.42. The zero-order valence-electron chi connectivity index (χ0n) is 9.42. The third kappa shape index (κ3) is 2.63. The van der Waals surface area contributed by atoms with Crippen molar-refractivity contribution >= 4 is 11.6 Å². The lowest BCUT2D eigenvalue weighted by Crippen LogP contribution is -2.22. The van der Waals surface area contributed by atoms with Crippen molar-refractivity contribution in [3.8, 4) is 0 Å². The molecule has 16 heavy (non-hydrogen) atoms. The number of fused-ring (bicyclic) bond motifs is 1. The molecule has 0 aliphatic carbocycles. The van der Waals surface area contributed by atoms with Crippen LogP contribution in [0, 0.1) is 0 Å². The van der Waals surface area contributed by atoms with E-state index in [4.69, 9.17) is 0 Å². The number of amides is 1. The molecule has 2 N–H and O–H groups in total. The van der Waals surface area contributed by atoms with Crippen molar-refractivity contribution in [2.75, 3.05) is 11.9 Å². The van der Waals surface area contributed by atoms with Crippen LogP contribution in [0.5, 0.6) is 0 Å². The molecule has 0 aromatic heterocycles. The van der Waals surface area contributed by atoms with Crippen LogP contribution in [0.1, 0.15) is 18.9 Å². The molecule has 3 heteroatoms. The van der Waals surface area contributed by atoms with Gasteiger partial charge in [0.25, 0.3) is 0 Å². The molecule has 0 radical (unpaired) electrons. The summed E-state index contributed by atoms with van der Waals surface area (Å²) in [7, 11) is 0. The summed E-state index contributed by atoms with van der Waals surface area (Å²) in [5.41, 5.74) is 3.83. The van der Waals surface area contributed by atoms with E-state index in [0.717, 1.165) is 12.8 Å². The highest BCUT2D eigenvalue weighted by atomic mass is 16.1. The Morgan fingerprint density at radius 2 is 2.25 bits per heavy atom. The molecule has 0 unspecified atom stereocenters. The Morgan fingerprint density at radius 1 is 1.44 bits per heavy atom. The molecule has 0 atom stereocenters. The van der Waals surface area contributed by atoms with Crippen LogP contribution in [0.3, 0.4) is 0 Å². The third-order valence-corrected chi connectivity index (χ3v) is 2.69. The van der Waals surface area contributed by atoms with E-state index in [2.05, 4.69) is 28.8 Å². The van der Waals surface area contributed by atoms with Crippen molar-refractivity contribution in [2.45, 2.75) is 19.8 Å². The highest BCUT2D eigenvalue weighted by Gasteiger charge is 2.09. The minimum absolute atomic E-state index is 0.0322. The Kier molecular flexibility index (Phi) is 3.25. The van der Waals surface area contributed by atoms with E-state index in [1.807, 2.05) is 12.3 Å². The number of rotatable bonds is 3. The summed E-state index contributed by atoms with van der Waals surface area (Å²) in [6.45, 7) is 2.26. The van der Waals surface area contributed by atoms with E-state index in [1.165, 1.54) is 16.8 Å². The highest BCUT2D eigenvalue weighted by Crippen LogP contribution is 2.24. The predicted molar refractivity (Wildman–Crippen MR) is 65.2 cm³/mol. The van der Waals surface area contributed by atoms with Crippen LogP contribution in [0.4, 0.5) is 5.69 Å². The van der Waals surface area contributed by atoms with E-state index in [0.29, 0.717) is 6.54 Å². The fraction of sp³-hybridized carbons (Fsp3) is 0.308. The zero-order chi connectivity index (χ0) is 11.4. The van der Waals surface area contributed by atoms with Crippen LogP contribution < -0.4 is 10.6 Å². The number of para-hydroxylation sites is 1. The first-order valence-electron chi connectivity index (χ1n) is 5.52. The Morgan fingerprint density at radius 3 is 3.06 bits per heavy atom. The first-order chi connectivity index (χ1) is 7.75. The van der Waals surface area contributed by atoms with Crippen LogP contribution >= 0.6 is 0 Å². The molecule has 1 aliphatic heterocycles. The lowest BCUT2D eigenvalue weighted by molar-refractivity contribution is -0.118. The summed E-state index contributed by atoms with van der Waals surface area (Å²) in [5.74, 6) is 0.0322. The molecule has 1 heterocycles. The molecule has 3 nitrogen and oxygen atoms in total. The third-order valence-electron chi connectivity index (χ3n) is 2.69. The first kappa shape index (κ1) is 10.7. The van der Waals surface area contributed by atoms with Gasteiger partial charge in [-0.3, -0.25) is 4.79 Å². The van der Waals surface area contributed by atoms with Gasteiger partial charge < -0.3 is 10.6 Å². The summed E-state index contributed by atoms with van der Waals surface area (Å²) < 4.78 is 0. The van der Waals surface area contributed by atoms with Gasteiger partial charge in [-0.05, 0) is 30.0 Å². The molecule has 0 saturated carbocycles. The topological polar surface area (TPSA) is 41.1 Å². The number of hydrogen-bond acceptors (Lipinski definition) is 2. The normalized spacial score (nSPS) is 13.4. The Bertz CT molecular complexity index is 424. The first-order valence-corrected chi connectivity index (χ1v) is 5.52. The maximum absolute atomic E-state index is 10.7. The monoisotopic (exact) mass is 216 g/mol. The fourth-order valence-electron chi connectivity index (χ4n) is 1.85. The number of nitrogens with one attached hydrogen (secondary N) is 2. The molecule has 0 saturated heterocycles. The molecule has 0 fully saturated rings. The number of carbonyl (C=O) groups is 1. The molecule has 1 aromatic carbocycles. The largest absolute Gasteiger partial charge is 0.361 e. The Labute approximate surface area is 95.6 Å². The minimum atomic E-state index is 0.0322. The van der Waals surface area contributed by atoms with Crippen LogP contribution in [0.25, 0.3) is 0 Å². The second-order valence-electron chi connectivity index (χ2n) is 4.01. The molecule has 1 amide bonds. The van der Waals surface area contributed by atoms with Gasteiger partial charge in [-0.25, -0.2) is 0 Å². The molecule has 84 valence electrons. The molecule has 0 spiro atoms. The highest BCUT2D eigenvalue weighted by molar-refractivity contribution is 5.72. The summed E-state index contributed by atoms with van der Waals surface area (Å²) >= 11 is 0. The second kappa shape index (κ2) is 4.84. The van der Waals surface area contributed by atoms with Gasteiger partial charge >= 0.3 is 0 Å². The van der Waals surface area contributed by atoms with E-state index in [9.17, 15) is 4.79 Å². The molecule has 0 bridgehead atoms. The molecular weight excluding hydrogens is 200 g/mol. The van der Waals surface area contributed by atoms with Gasteiger partial charge in [0.05, 0.1) is 0 Å². The second-order valence-corrected chi connectivity index (χ2v) is 4.01. The fourth-order valence-corrected chi connectivity index (χ4v) is 1.85. The minimum Gasteiger partial charge on any atom is -0.361 e. The van der Waals surface area contributed by atoms with Crippen LogP contribution in [0.15, 0.2) is 36.0 Å². The average molecular weight is 216 g/mol. The molecular formula is C13H16N2O. The summed E-state index contributed by atoms with van der Waals surface area (Å²) in [5, 5.41) is 6.09.